The van der Waals surface area contributed by atoms with Gasteiger partial charge in [0.15, 0.2) is 0 Å². The molecule has 0 spiro atoms. The van der Waals surface area contributed by atoms with Crippen LogP contribution in [0.3, 0.4) is 0 Å². The molecule has 1 atom stereocenters. The van der Waals surface area contributed by atoms with Crippen LogP contribution in [0.1, 0.15) is 38.2 Å². The molecule has 17 heavy (non-hydrogen) atoms. The summed E-state index contributed by atoms with van der Waals surface area (Å²) >= 11 is 1.98. The predicted molar refractivity (Wildman–Crippen MR) is 77.0 cm³/mol. The second-order valence-electron chi connectivity index (χ2n) is 4.96. The van der Waals surface area contributed by atoms with Crippen LogP contribution < -0.4 is 11.1 Å². The van der Waals surface area contributed by atoms with Crippen molar-refractivity contribution in [3.05, 3.63) is 23.8 Å². The van der Waals surface area contributed by atoms with Gasteiger partial charge in [0.2, 0.25) is 0 Å². The molecule has 2 nitrogen and oxygen atoms in total. The van der Waals surface area contributed by atoms with Crippen LogP contribution in [-0.2, 0) is 0 Å². The van der Waals surface area contributed by atoms with E-state index in [1.54, 1.807) is 0 Å². The molecule has 1 unspecified atom stereocenters. The molecular weight excluding hydrogens is 228 g/mol. The number of hydrogen-bond donors (Lipinski definition) is 2. The molecule has 3 N–H and O–H groups in total. The highest BCUT2D eigenvalue weighted by atomic mass is 32.2. The summed E-state index contributed by atoms with van der Waals surface area (Å²) in [7, 11) is 0. The lowest BCUT2D eigenvalue weighted by Crippen LogP contribution is -2.27. The summed E-state index contributed by atoms with van der Waals surface area (Å²) in [5.41, 5.74) is 8.38. The van der Waals surface area contributed by atoms with Crippen LogP contribution in [0.4, 0.5) is 5.69 Å². The summed E-state index contributed by atoms with van der Waals surface area (Å²) in [5, 5.41) is 3.71. The van der Waals surface area contributed by atoms with E-state index in [1.165, 1.54) is 22.6 Å². The van der Waals surface area contributed by atoms with E-state index in [9.17, 15) is 0 Å². The number of nitrogens with two attached hydrogens (primary N) is 1. The van der Waals surface area contributed by atoms with Crippen molar-refractivity contribution in [2.24, 2.45) is 5.73 Å². The first kappa shape index (κ1) is 12.8. The number of rotatable bonds is 4. The quantitative estimate of drug-likeness (QED) is 0.859. The average Bonchev–Trinajstić information content (AvgIpc) is 2.35. The Hall–Kier alpha value is -0.670. The Labute approximate surface area is 108 Å². The van der Waals surface area contributed by atoms with E-state index in [4.69, 9.17) is 5.73 Å². The third-order valence-corrected chi connectivity index (χ3v) is 4.45. The fourth-order valence-corrected chi connectivity index (χ4v) is 3.39. The summed E-state index contributed by atoms with van der Waals surface area (Å²) < 4.78 is 0. The molecule has 3 heteroatoms. The van der Waals surface area contributed by atoms with Crippen LogP contribution in [0, 0.1) is 0 Å². The van der Waals surface area contributed by atoms with Crippen LogP contribution in [0.2, 0.25) is 0 Å². The standard InChI is InChI=1S/C14H22N2S/c1-10(2)12-6-3-7-13-14(12)16-11(9-17-13)5-4-8-15/h3,6-7,10-11,16H,4-5,8-9,15H2,1-2H3. The maximum absolute atomic E-state index is 5.58. The highest BCUT2D eigenvalue weighted by Crippen LogP contribution is 2.39. The molecule has 0 bridgehead atoms. The summed E-state index contributed by atoms with van der Waals surface area (Å²) in [4.78, 5) is 1.40. The lowest BCUT2D eigenvalue weighted by molar-refractivity contribution is 0.662. The minimum atomic E-state index is 0.575. The Bertz CT molecular complexity index is 376. The maximum atomic E-state index is 5.58. The number of hydrogen-bond acceptors (Lipinski definition) is 3. The second kappa shape index (κ2) is 5.78. The molecule has 0 fully saturated rings. The van der Waals surface area contributed by atoms with E-state index >= 15 is 0 Å². The fraction of sp³-hybridized carbons (Fsp3) is 0.571. The Morgan fingerprint density at radius 1 is 1.47 bits per heavy atom. The Balaban J connectivity index is 2.17. The van der Waals surface area contributed by atoms with Gasteiger partial charge in [0.25, 0.3) is 0 Å². The monoisotopic (exact) mass is 250 g/mol. The molecule has 1 aliphatic heterocycles. The summed E-state index contributed by atoms with van der Waals surface area (Å²) in [6.07, 6.45) is 2.28. The normalized spacial score (nSPS) is 18.9. The Kier molecular flexibility index (Phi) is 4.35. The number of para-hydroxylation sites is 1. The number of anilines is 1. The highest BCUT2D eigenvalue weighted by Gasteiger charge is 2.20. The van der Waals surface area contributed by atoms with Gasteiger partial charge in [-0.3, -0.25) is 0 Å². The lowest BCUT2D eigenvalue weighted by atomic mass is 10.00. The Morgan fingerprint density at radius 3 is 3.00 bits per heavy atom. The van der Waals surface area contributed by atoms with Crippen molar-refractivity contribution in [2.45, 2.75) is 43.5 Å². The van der Waals surface area contributed by atoms with Gasteiger partial charge in [0, 0.05) is 16.7 Å². The van der Waals surface area contributed by atoms with Crippen molar-refractivity contribution in [3.8, 4) is 0 Å². The molecule has 0 saturated heterocycles. The predicted octanol–water partition coefficient (Wildman–Crippen LogP) is 3.44. The van der Waals surface area contributed by atoms with Gasteiger partial charge in [0.05, 0.1) is 5.69 Å². The fourth-order valence-electron chi connectivity index (χ4n) is 2.26. The van der Waals surface area contributed by atoms with Crippen molar-refractivity contribution in [2.75, 3.05) is 17.6 Å². The zero-order valence-corrected chi connectivity index (χ0v) is 11.5. The van der Waals surface area contributed by atoms with E-state index in [0.717, 1.165) is 18.7 Å². The molecule has 0 saturated carbocycles. The zero-order chi connectivity index (χ0) is 12.3. The molecule has 1 aliphatic rings. The molecule has 2 rings (SSSR count). The van der Waals surface area contributed by atoms with Crippen LogP contribution in [0.25, 0.3) is 0 Å². The number of thioether (sulfide) groups is 1. The van der Waals surface area contributed by atoms with E-state index in [1.807, 2.05) is 11.8 Å². The van der Waals surface area contributed by atoms with Gasteiger partial charge in [-0.25, -0.2) is 0 Å². The molecule has 0 aromatic heterocycles. The van der Waals surface area contributed by atoms with Crippen molar-refractivity contribution >= 4 is 17.4 Å². The van der Waals surface area contributed by atoms with Crippen LogP contribution >= 0.6 is 11.8 Å². The van der Waals surface area contributed by atoms with Crippen molar-refractivity contribution < 1.29 is 0 Å². The molecule has 0 aliphatic carbocycles. The number of fused-ring (bicyclic) bond motifs is 1. The maximum Gasteiger partial charge on any atom is 0.0515 e. The van der Waals surface area contributed by atoms with Gasteiger partial charge >= 0.3 is 0 Å². The molecule has 0 amide bonds. The number of benzene rings is 1. The van der Waals surface area contributed by atoms with Gasteiger partial charge in [-0.2, -0.15) is 0 Å². The molecular formula is C14H22N2S. The van der Waals surface area contributed by atoms with Crippen LogP contribution in [0.15, 0.2) is 23.1 Å². The van der Waals surface area contributed by atoms with Crippen molar-refractivity contribution in [1.29, 1.82) is 0 Å². The zero-order valence-electron chi connectivity index (χ0n) is 10.7. The van der Waals surface area contributed by atoms with Gasteiger partial charge in [-0.1, -0.05) is 26.0 Å². The first-order chi connectivity index (χ1) is 8.22. The molecule has 1 aromatic rings. The third-order valence-electron chi connectivity index (χ3n) is 3.23. The SMILES string of the molecule is CC(C)c1cccc2c1NC(CCCN)CS2. The molecule has 94 valence electrons. The molecule has 1 heterocycles. The first-order valence-corrected chi connectivity index (χ1v) is 7.43. The lowest BCUT2D eigenvalue weighted by Gasteiger charge is -2.29. The van der Waals surface area contributed by atoms with E-state index < -0.39 is 0 Å². The van der Waals surface area contributed by atoms with Crippen LogP contribution in [0.5, 0.6) is 0 Å². The van der Waals surface area contributed by atoms with Gasteiger partial charge in [-0.05, 0) is 36.9 Å². The average molecular weight is 250 g/mol. The van der Waals surface area contributed by atoms with Crippen molar-refractivity contribution in [1.82, 2.24) is 0 Å². The smallest absolute Gasteiger partial charge is 0.0515 e. The minimum Gasteiger partial charge on any atom is -0.380 e. The highest BCUT2D eigenvalue weighted by molar-refractivity contribution is 7.99. The van der Waals surface area contributed by atoms with Crippen LogP contribution in [-0.4, -0.2) is 18.3 Å². The minimum absolute atomic E-state index is 0.575. The third kappa shape index (κ3) is 2.96. The summed E-state index contributed by atoms with van der Waals surface area (Å²) in [6.45, 7) is 5.30. The van der Waals surface area contributed by atoms with E-state index in [-0.39, 0.29) is 0 Å². The molecule has 1 aromatic carbocycles. The first-order valence-electron chi connectivity index (χ1n) is 6.44. The van der Waals surface area contributed by atoms with Crippen molar-refractivity contribution in [3.63, 3.8) is 0 Å². The van der Waals surface area contributed by atoms with Gasteiger partial charge in [0.1, 0.15) is 0 Å². The second-order valence-corrected chi connectivity index (χ2v) is 6.02. The van der Waals surface area contributed by atoms with Gasteiger partial charge in [-0.15, -0.1) is 11.8 Å². The van der Waals surface area contributed by atoms with E-state index in [0.29, 0.717) is 12.0 Å². The Morgan fingerprint density at radius 2 is 2.29 bits per heavy atom. The van der Waals surface area contributed by atoms with E-state index in [2.05, 4.69) is 37.4 Å². The largest absolute Gasteiger partial charge is 0.380 e. The summed E-state index contributed by atoms with van der Waals surface area (Å²) in [6, 6.07) is 7.21. The summed E-state index contributed by atoms with van der Waals surface area (Å²) in [5.74, 6) is 1.74. The van der Waals surface area contributed by atoms with Gasteiger partial charge < -0.3 is 11.1 Å². The topological polar surface area (TPSA) is 38.0 Å². The number of nitrogens with one attached hydrogen (secondary N) is 1. The molecule has 0 radical (unpaired) electrons.